The average Bonchev–Trinajstić information content (AvgIpc) is 3.35. The highest BCUT2D eigenvalue weighted by Gasteiger charge is 2.40. The number of benzene rings is 2. The molecule has 0 bridgehead atoms. The third-order valence-electron chi connectivity index (χ3n) is 3.72. The van der Waals surface area contributed by atoms with Gasteiger partial charge in [0.25, 0.3) is 5.69 Å². The Morgan fingerprint density at radius 2 is 1.83 bits per heavy atom. The molecule has 23 heavy (non-hydrogen) atoms. The molecule has 6 heteroatoms. The van der Waals surface area contributed by atoms with Crippen LogP contribution < -0.4 is 4.74 Å². The minimum Gasteiger partial charge on any atom is -0.497 e. The highest BCUT2D eigenvalue weighted by atomic mass is 16.6. The van der Waals surface area contributed by atoms with Crippen molar-refractivity contribution in [1.29, 1.82) is 0 Å². The van der Waals surface area contributed by atoms with Gasteiger partial charge in [-0.3, -0.25) is 10.1 Å². The van der Waals surface area contributed by atoms with E-state index in [9.17, 15) is 10.1 Å². The van der Waals surface area contributed by atoms with Crippen molar-refractivity contribution in [3.05, 3.63) is 69.8 Å². The summed E-state index contributed by atoms with van der Waals surface area (Å²) in [7, 11) is 1.63. The molecule has 0 spiro atoms. The Kier molecular flexibility index (Phi) is 4.55. The molecule has 0 aromatic heterocycles. The maximum Gasteiger partial charge on any atom is 0.269 e. The van der Waals surface area contributed by atoms with E-state index in [0.717, 1.165) is 16.9 Å². The van der Waals surface area contributed by atoms with Gasteiger partial charge in [0, 0.05) is 12.1 Å². The summed E-state index contributed by atoms with van der Waals surface area (Å²) in [6.07, 6.45) is -0.0265. The summed E-state index contributed by atoms with van der Waals surface area (Å²) < 4.78 is 16.3. The van der Waals surface area contributed by atoms with E-state index in [0.29, 0.717) is 13.2 Å². The lowest BCUT2D eigenvalue weighted by Gasteiger charge is -2.04. The molecule has 1 aliphatic heterocycles. The van der Waals surface area contributed by atoms with Gasteiger partial charge in [-0.05, 0) is 35.4 Å². The minimum absolute atomic E-state index is 0.00899. The lowest BCUT2D eigenvalue weighted by molar-refractivity contribution is -0.384. The van der Waals surface area contributed by atoms with E-state index >= 15 is 0 Å². The van der Waals surface area contributed by atoms with Gasteiger partial charge in [0.15, 0.2) is 0 Å². The number of nitrogens with zero attached hydrogens (tertiary/aromatic N) is 1. The number of hydrogen-bond donors (Lipinski definition) is 0. The molecule has 1 heterocycles. The van der Waals surface area contributed by atoms with Crippen LogP contribution in [0.2, 0.25) is 0 Å². The van der Waals surface area contributed by atoms with Crippen LogP contribution >= 0.6 is 0 Å². The maximum atomic E-state index is 10.6. The van der Waals surface area contributed by atoms with Gasteiger partial charge in [-0.15, -0.1) is 0 Å². The lowest BCUT2D eigenvalue weighted by atomic mass is 10.1. The summed E-state index contributed by atoms with van der Waals surface area (Å²) in [5.41, 5.74) is 2.09. The fourth-order valence-corrected chi connectivity index (χ4v) is 2.36. The van der Waals surface area contributed by atoms with Crippen molar-refractivity contribution in [2.45, 2.75) is 18.8 Å². The Labute approximate surface area is 133 Å². The molecule has 0 radical (unpaired) electrons. The van der Waals surface area contributed by atoms with Crippen molar-refractivity contribution in [3.8, 4) is 5.75 Å². The fraction of sp³-hybridized carbons (Fsp3) is 0.294. The fourth-order valence-electron chi connectivity index (χ4n) is 2.36. The third kappa shape index (κ3) is 3.85. The predicted octanol–water partition coefficient (Wildman–Crippen LogP) is 3.26. The Balaban J connectivity index is 1.45. The van der Waals surface area contributed by atoms with E-state index in [1.165, 1.54) is 12.1 Å². The first-order chi connectivity index (χ1) is 11.2. The highest BCUT2D eigenvalue weighted by Crippen LogP contribution is 2.39. The number of methoxy groups -OCH3 is 1. The van der Waals surface area contributed by atoms with E-state index in [1.54, 1.807) is 19.2 Å². The van der Waals surface area contributed by atoms with Crippen LogP contribution in [0.25, 0.3) is 0 Å². The molecular weight excluding hydrogens is 298 g/mol. The lowest BCUT2D eigenvalue weighted by Crippen LogP contribution is -2.03. The van der Waals surface area contributed by atoms with Crippen LogP contribution in [0.15, 0.2) is 48.5 Å². The summed E-state index contributed by atoms with van der Waals surface area (Å²) >= 11 is 0. The van der Waals surface area contributed by atoms with Gasteiger partial charge in [-0.25, -0.2) is 0 Å². The molecule has 0 saturated carbocycles. The standard InChI is InChI=1S/C17H17NO5/c1-21-15-8-2-12(3-9-15)10-22-11-16-17(23-16)13-4-6-14(7-5-13)18(19)20/h2-9,16-17H,10-11H2,1H3/t16-,17+/m0/s1. The van der Waals surface area contributed by atoms with Crippen LogP contribution in [0, 0.1) is 10.1 Å². The molecule has 0 aliphatic carbocycles. The average molecular weight is 315 g/mol. The molecule has 0 unspecified atom stereocenters. The quantitative estimate of drug-likeness (QED) is 0.445. The van der Waals surface area contributed by atoms with Crippen LogP contribution in [0.1, 0.15) is 17.2 Å². The van der Waals surface area contributed by atoms with E-state index in [-0.39, 0.29) is 17.9 Å². The molecule has 120 valence electrons. The zero-order valence-corrected chi connectivity index (χ0v) is 12.7. The third-order valence-corrected chi connectivity index (χ3v) is 3.72. The van der Waals surface area contributed by atoms with E-state index in [4.69, 9.17) is 14.2 Å². The first-order valence-corrected chi connectivity index (χ1v) is 7.28. The van der Waals surface area contributed by atoms with Crippen molar-refractivity contribution in [3.63, 3.8) is 0 Å². The molecule has 6 nitrogen and oxygen atoms in total. The molecule has 1 saturated heterocycles. The summed E-state index contributed by atoms with van der Waals surface area (Å²) in [5.74, 6) is 0.817. The molecule has 2 aromatic rings. The van der Waals surface area contributed by atoms with Crippen LogP contribution in [-0.4, -0.2) is 24.7 Å². The molecule has 0 N–H and O–H groups in total. The second kappa shape index (κ2) is 6.76. The Bertz CT molecular complexity index is 668. The van der Waals surface area contributed by atoms with Gasteiger partial charge >= 0.3 is 0 Å². The SMILES string of the molecule is COc1ccc(COC[C@@H]2O[C@@H]2c2ccc([N+](=O)[O-])cc2)cc1. The molecule has 0 amide bonds. The van der Waals surface area contributed by atoms with E-state index < -0.39 is 4.92 Å². The van der Waals surface area contributed by atoms with Crippen molar-refractivity contribution < 1.29 is 19.1 Å². The molecular formula is C17H17NO5. The van der Waals surface area contributed by atoms with Crippen molar-refractivity contribution >= 4 is 5.69 Å². The summed E-state index contributed by atoms with van der Waals surface area (Å²) in [6, 6.07) is 14.1. The Morgan fingerprint density at radius 3 is 2.43 bits per heavy atom. The first-order valence-electron chi connectivity index (χ1n) is 7.28. The second-order valence-electron chi connectivity index (χ2n) is 5.31. The summed E-state index contributed by atoms with van der Waals surface area (Å²) in [4.78, 5) is 10.2. The first kappa shape index (κ1) is 15.5. The van der Waals surface area contributed by atoms with E-state index in [2.05, 4.69) is 0 Å². The van der Waals surface area contributed by atoms with Crippen LogP contribution in [0.4, 0.5) is 5.69 Å². The van der Waals surface area contributed by atoms with Crippen molar-refractivity contribution in [1.82, 2.24) is 0 Å². The maximum absolute atomic E-state index is 10.6. The van der Waals surface area contributed by atoms with Gasteiger partial charge in [0.05, 0.1) is 25.2 Å². The number of epoxide rings is 1. The van der Waals surface area contributed by atoms with Crippen LogP contribution in [-0.2, 0) is 16.1 Å². The molecule has 3 rings (SSSR count). The summed E-state index contributed by atoms with van der Waals surface area (Å²) in [5, 5.41) is 10.6. The predicted molar refractivity (Wildman–Crippen MR) is 83.4 cm³/mol. The largest absolute Gasteiger partial charge is 0.497 e. The van der Waals surface area contributed by atoms with Crippen LogP contribution in [0.5, 0.6) is 5.75 Å². The van der Waals surface area contributed by atoms with E-state index in [1.807, 2.05) is 24.3 Å². The Hall–Kier alpha value is -2.44. The minimum atomic E-state index is -0.410. The number of ether oxygens (including phenoxy) is 3. The number of nitro benzene ring substituents is 1. The Morgan fingerprint density at radius 1 is 1.13 bits per heavy atom. The van der Waals surface area contributed by atoms with Crippen LogP contribution in [0.3, 0.4) is 0 Å². The topological polar surface area (TPSA) is 74.1 Å². The van der Waals surface area contributed by atoms with Gasteiger partial charge in [-0.2, -0.15) is 0 Å². The monoisotopic (exact) mass is 315 g/mol. The van der Waals surface area contributed by atoms with Gasteiger partial charge < -0.3 is 14.2 Å². The van der Waals surface area contributed by atoms with Gasteiger partial charge in [0.2, 0.25) is 0 Å². The van der Waals surface area contributed by atoms with Crippen molar-refractivity contribution in [2.24, 2.45) is 0 Å². The summed E-state index contributed by atoms with van der Waals surface area (Å²) in [6.45, 7) is 1.00. The zero-order valence-electron chi connectivity index (χ0n) is 12.7. The van der Waals surface area contributed by atoms with Crippen molar-refractivity contribution in [2.75, 3.05) is 13.7 Å². The second-order valence-corrected chi connectivity index (χ2v) is 5.31. The van der Waals surface area contributed by atoms with Gasteiger partial charge in [-0.1, -0.05) is 12.1 Å². The molecule has 2 aromatic carbocycles. The number of nitro groups is 1. The smallest absolute Gasteiger partial charge is 0.269 e. The molecule has 1 fully saturated rings. The normalized spacial score (nSPS) is 19.3. The zero-order chi connectivity index (χ0) is 16.2. The van der Waals surface area contributed by atoms with Gasteiger partial charge in [0.1, 0.15) is 18.0 Å². The number of non-ortho nitro benzene ring substituents is 1. The highest BCUT2D eigenvalue weighted by molar-refractivity contribution is 5.35. The number of hydrogen-bond acceptors (Lipinski definition) is 5. The molecule has 2 atom stereocenters. The number of rotatable bonds is 7. The molecule has 1 aliphatic rings.